The van der Waals surface area contributed by atoms with Crippen LogP contribution in [-0.2, 0) is 6.42 Å². The summed E-state index contributed by atoms with van der Waals surface area (Å²) in [6, 6.07) is 0. The minimum Gasteiger partial charge on any atom is -0.259 e. The molecule has 78 valence electrons. The third kappa shape index (κ3) is 2.62. The molecule has 0 radical (unpaired) electrons. The minimum absolute atomic E-state index is 0.752. The Kier molecular flexibility index (Phi) is 3.45. The summed E-state index contributed by atoms with van der Waals surface area (Å²) in [5, 5.41) is 5.26. The van der Waals surface area contributed by atoms with Gasteiger partial charge in [0, 0.05) is 23.9 Å². The van der Waals surface area contributed by atoms with E-state index in [1.54, 1.807) is 23.3 Å². The predicted molar refractivity (Wildman–Crippen MR) is 61.3 cm³/mol. The summed E-state index contributed by atoms with van der Waals surface area (Å²) in [5.41, 5.74) is 1.22. The first-order chi connectivity index (χ1) is 7.40. The molecule has 0 aromatic carbocycles. The summed E-state index contributed by atoms with van der Waals surface area (Å²) >= 11 is 3.41. The molecule has 0 saturated carbocycles. The summed E-state index contributed by atoms with van der Waals surface area (Å²) in [6.45, 7) is 0. The van der Waals surface area contributed by atoms with E-state index in [1.165, 1.54) is 5.56 Å². The molecule has 2 rings (SSSR count). The van der Waals surface area contributed by atoms with Crippen molar-refractivity contribution in [1.29, 1.82) is 0 Å². The van der Waals surface area contributed by atoms with Gasteiger partial charge in [-0.15, -0.1) is 0 Å². The van der Waals surface area contributed by atoms with Crippen LogP contribution in [-0.4, -0.2) is 25.1 Å². The zero-order valence-corrected chi connectivity index (χ0v) is 9.76. The first-order valence-electron chi connectivity index (χ1n) is 4.76. The van der Waals surface area contributed by atoms with Crippen LogP contribution in [0.2, 0.25) is 0 Å². The molecule has 0 atom stereocenters. The van der Waals surface area contributed by atoms with E-state index in [1.807, 2.05) is 12.4 Å². The molecule has 0 amide bonds. The quantitative estimate of drug-likeness (QED) is 0.796. The average molecular weight is 267 g/mol. The van der Waals surface area contributed by atoms with E-state index in [0.29, 0.717) is 0 Å². The molecule has 0 bridgehead atoms. The largest absolute Gasteiger partial charge is 0.259 e. The second-order valence-corrected chi connectivity index (χ2v) is 3.94. The number of rotatable bonds is 4. The lowest BCUT2D eigenvalue weighted by Gasteiger charge is -1.97. The lowest BCUT2D eigenvalue weighted by Crippen LogP contribution is -1.97. The summed E-state index contributed by atoms with van der Waals surface area (Å²) in [5.74, 6) is 0.752. The highest BCUT2D eigenvalue weighted by molar-refractivity contribution is 9.09. The van der Waals surface area contributed by atoms with Crippen molar-refractivity contribution < 1.29 is 0 Å². The molecule has 0 N–H and O–H groups in total. The fourth-order valence-electron chi connectivity index (χ4n) is 1.29. The maximum atomic E-state index is 4.24. The fraction of sp³-hybridized carbons (Fsp3) is 0.300. The number of alkyl halides is 1. The van der Waals surface area contributed by atoms with Gasteiger partial charge in [0.2, 0.25) is 0 Å². The highest BCUT2D eigenvalue weighted by atomic mass is 79.9. The molecular weight excluding hydrogens is 256 g/mol. The number of aryl methyl sites for hydroxylation is 1. The zero-order chi connectivity index (χ0) is 10.5. The Morgan fingerprint density at radius 3 is 2.93 bits per heavy atom. The summed E-state index contributed by atoms with van der Waals surface area (Å²) in [4.78, 5) is 8.17. The van der Waals surface area contributed by atoms with Gasteiger partial charge in [-0.05, 0) is 18.4 Å². The topological polar surface area (TPSA) is 43.6 Å². The van der Waals surface area contributed by atoms with Gasteiger partial charge in [-0.3, -0.25) is 4.98 Å². The van der Waals surface area contributed by atoms with Crippen molar-refractivity contribution in [3.63, 3.8) is 0 Å². The predicted octanol–water partition coefficient (Wildman–Crippen LogP) is 1.99. The molecule has 2 aromatic rings. The van der Waals surface area contributed by atoms with Gasteiger partial charge in [0.1, 0.15) is 0 Å². The van der Waals surface area contributed by atoms with Crippen LogP contribution >= 0.6 is 15.9 Å². The van der Waals surface area contributed by atoms with Crippen LogP contribution in [0.25, 0.3) is 5.82 Å². The van der Waals surface area contributed by atoms with Crippen LogP contribution < -0.4 is 0 Å². The van der Waals surface area contributed by atoms with E-state index in [4.69, 9.17) is 0 Å². The first kappa shape index (κ1) is 10.3. The molecule has 5 heteroatoms. The van der Waals surface area contributed by atoms with Gasteiger partial charge in [0.25, 0.3) is 0 Å². The third-order valence-electron chi connectivity index (χ3n) is 2.02. The van der Waals surface area contributed by atoms with Crippen LogP contribution in [0.15, 0.2) is 31.0 Å². The van der Waals surface area contributed by atoms with E-state index < -0.39 is 0 Å². The van der Waals surface area contributed by atoms with Crippen molar-refractivity contribution in [2.45, 2.75) is 12.8 Å². The lowest BCUT2D eigenvalue weighted by molar-refractivity contribution is 0.836. The number of nitrogens with zero attached hydrogens (tertiary/aromatic N) is 4. The molecule has 0 aliphatic rings. The maximum absolute atomic E-state index is 4.24. The van der Waals surface area contributed by atoms with Gasteiger partial charge in [0.05, 0.1) is 12.4 Å². The minimum atomic E-state index is 0.752. The van der Waals surface area contributed by atoms with E-state index in [2.05, 4.69) is 31.0 Å². The molecule has 0 aliphatic carbocycles. The van der Waals surface area contributed by atoms with Gasteiger partial charge in [-0.25, -0.2) is 9.67 Å². The normalized spacial score (nSPS) is 10.5. The van der Waals surface area contributed by atoms with Gasteiger partial charge >= 0.3 is 0 Å². The Morgan fingerprint density at radius 2 is 2.20 bits per heavy atom. The molecule has 0 saturated heterocycles. The average Bonchev–Trinajstić information content (AvgIpc) is 2.76. The molecular formula is C10H11BrN4. The van der Waals surface area contributed by atoms with E-state index in [-0.39, 0.29) is 0 Å². The Bertz CT molecular complexity index is 412. The Balaban J connectivity index is 2.14. The van der Waals surface area contributed by atoms with Gasteiger partial charge < -0.3 is 0 Å². The molecule has 0 fully saturated rings. The van der Waals surface area contributed by atoms with Crippen LogP contribution in [0.1, 0.15) is 12.0 Å². The molecule has 0 spiro atoms. The third-order valence-corrected chi connectivity index (χ3v) is 2.58. The first-order valence-corrected chi connectivity index (χ1v) is 5.88. The Hall–Kier alpha value is -1.23. The number of hydrogen-bond acceptors (Lipinski definition) is 3. The summed E-state index contributed by atoms with van der Waals surface area (Å²) in [7, 11) is 0. The summed E-state index contributed by atoms with van der Waals surface area (Å²) in [6.07, 6.45) is 11.0. The van der Waals surface area contributed by atoms with Gasteiger partial charge in [-0.2, -0.15) is 5.10 Å². The van der Waals surface area contributed by atoms with E-state index >= 15 is 0 Å². The van der Waals surface area contributed by atoms with Crippen molar-refractivity contribution in [2.24, 2.45) is 0 Å². The highest BCUT2D eigenvalue weighted by Crippen LogP contribution is 2.06. The van der Waals surface area contributed by atoms with Crippen LogP contribution in [0.3, 0.4) is 0 Å². The standard InChI is InChI=1S/C10H11BrN4/c11-3-1-2-9-6-14-15(8-9)10-7-12-4-5-13-10/h4-8H,1-3H2. The van der Waals surface area contributed by atoms with Crippen LogP contribution in [0.4, 0.5) is 0 Å². The van der Waals surface area contributed by atoms with Crippen LogP contribution in [0.5, 0.6) is 0 Å². The van der Waals surface area contributed by atoms with Crippen molar-refractivity contribution in [3.05, 3.63) is 36.5 Å². The number of hydrogen-bond donors (Lipinski definition) is 0. The smallest absolute Gasteiger partial charge is 0.171 e. The molecule has 0 unspecified atom stereocenters. The summed E-state index contributed by atoms with van der Waals surface area (Å²) < 4.78 is 1.75. The monoisotopic (exact) mass is 266 g/mol. The Morgan fingerprint density at radius 1 is 1.27 bits per heavy atom. The molecule has 2 aromatic heterocycles. The SMILES string of the molecule is BrCCCc1cnn(-c2cnccn2)c1. The molecule has 2 heterocycles. The van der Waals surface area contributed by atoms with Gasteiger partial charge in [0.15, 0.2) is 5.82 Å². The van der Waals surface area contributed by atoms with Crippen molar-refractivity contribution >= 4 is 15.9 Å². The molecule has 4 nitrogen and oxygen atoms in total. The molecule has 15 heavy (non-hydrogen) atoms. The lowest BCUT2D eigenvalue weighted by atomic mass is 10.2. The van der Waals surface area contributed by atoms with Crippen molar-refractivity contribution in [1.82, 2.24) is 19.7 Å². The van der Waals surface area contributed by atoms with E-state index in [0.717, 1.165) is 24.0 Å². The van der Waals surface area contributed by atoms with Gasteiger partial charge in [-0.1, -0.05) is 15.9 Å². The molecule has 0 aliphatic heterocycles. The number of halogens is 1. The Labute approximate surface area is 96.5 Å². The number of aromatic nitrogens is 4. The van der Waals surface area contributed by atoms with E-state index in [9.17, 15) is 0 Å². The maximum Gasteiger partial charge on any atom is 0.171 e. The second-order valence-electron chi connectivity index (χ2n) is 3.15. The second kappa shape index (κ2) is 5.02. The fourth-order valence-corrected chi connectivity index (χ4v) is 1.58. The highest BCUT2D eigenvalue weighted by Gasteiger charge is 2.01. The van der Waals surface area contributed by atoms with Crippen molar-refractivity contribution in [3.8, 4) is 5.82 Å². The van der Waals surface area contributed by atoms with Crippen LogP contribution in [0, 0.1) is 0 Å². The van der Waals surface area contributed by atoms with Crippen molar-refractivity contribution in [2.75, 3.05) is 5.33 Å². The zero-order valence-electron chi connectivity index (χ0n) is 8.17.